The van der Waals surface area contributed by atoms with Crippen LogP contribution < -0.4 is 10.9 Å². The van der Waals surface area contributed by atoms with Crippen molar-refractivity contribution in [3.8, 4) is 5.69 Å². The Morgan fingerprint density at radius 3 is 2.44 bits per heavy atom. The summed E-state index contributed by atoms with van der Waals surface area (Å²) in [5.41, 5.74) is 0.687. The summed E-state index contributed by atoms with van der Waals surface area (Å²) in [6, 6.07) is 22.1. The molecule has 5 aromatic rings. The van der Waals surface area contributed by atoms with E-state index in [1.165, 1.54) is 16.5 Å². The van der Waals surface area contributed by atoms with Gasteiger partial charge in [0.05, 0.1) is 28.3 Å². The van der Waals surface area contributed by atoms with Crippen LogP contribution in [0.4, 0.5) is 19.3 Å². The third-order valence-electron chi connectivity index (χ3n) is 6.24. The molecule has 36 heavy (non-hydrogen) atoms. The van der Waals surface area contributed by atoms with E-state index >= 15 is 0 Å². The largest absolute Gasteiger partial charge is 0.322 e. The van der Waals surface area contributed by atoms with E-state index in [0.717, 1.165) is 22.9 Å². The molecule has 0 aliphatic heterocycles. The number of nitrogens with one attached hydrogen (secondary N) is 1. The van der Waals surface area contributed by atoms with Gasteiger partial charge >= 0.3 is 6.03 Å². The lowest BCUT2D eigenvalue weighted by atomic mass is 10.1. The van der Waals surface area contributed by atoms with E-state index in [1.807, 2.05) is 42.5 Å². The van der Waals surface area contributed by atoms with Gasteiger partial charge in [0.2, 0.25) is 0 Å². The molecule has 0 bridgehead atoms. The summed E-state index contributed by atoms with van der Waals surface area (Å²) >= 11 is 0. The van der Waals surface area contributed by atoms with Crippen LogP contribution in [0.3, 0.4) is 0 Å². The van der Waals surface area contributed by atoms with Gasteiger partial charge in [-0.3, -0.25) is 9.36 Å². The maximum absolute atomic E-state index is 14.1. The summed E-state index contributed by atoms with van der Waals surface area (Å²) in [6.07, 6.45) is 0. The Bertz CT molecular complexity index is 1680. The van der Waals surface area contributed by atoms with Gasteiger partial charge in [0.1, 0.15) is 17.5 Å². The zero-order valence-corrected chi connectivity index (χ0v) is 19.6. The number of benzene rings is 4. The standard InChI is InChI=1S/C28H22F2N4O2/c1-17(33(2)28(36)32-25-14-12-20(29)16-23(25)30)26-31-24-10-6-5-9-22(24)27(35)34(26)21-13-11-18-7-3-4-8-19(18)15-21/h3-17H,1-2H3,(H,32,36). The van der Waals surface area contributed by atoms with Gasteiger partial charge in [0, 0.05) is 13.1 Å². The number of amides is 2. The van der Waals surface area contributed by atoms with Crippen molar-refractivity contribution in [1.82, 2.24) is 14.5 Å². The Balaban J connectivity index is 1.60. The van der Waals surface area contributed by atoms with E-state index in [9.17, 15) is 18.4 Å². The molecule has 0 saturated carbocycles. The summed E-state index contributed by atoms with van der Waals surface area (Å²) in [7, 11) is 1.52. The molecular formula is C28H22F2N4O2. The normalized spacial score (nSPS) is 12.0. The molecule has 1 aromatic heterocycles. The third-order valence-corrected chi connectivity index (χ3v) is 6.24. The van der Waals surface area contributed by atoms with E-state index in [2.05, 4.69) is 5.32 Å². The molecule has 8 heteroatoms. The topological polar surface area (TPSA) is 67.2 Å². The van der Waals surface area contributed by atoms with Gasteiger partial charge in [-0.05, 0) is 54.1 Å². The third kappa shape index (κ3) is 4.17. The lowest BCUT2D eigenvalue weighted by molar-refractivity contribution is 0.205. The Hall–Kier alpha value is -4.59. The van der Waals surface area contributed by atoms with E-state index in [4.69, 9.17) is 4.98 Å². The van der Waals surface area contributed by atoms with Crippen LogP contribution in [0.5, 0.6) is 0 Å². The van der Waals surface area contributed by atoms with Crippen LogP contribution in [0.15, 0.2) is 89.7 Å². The second-order valence-electron chi connectivity index (χ2n) is 8.50. The Morgan fingerprint density at radius 2 is 1.67 bits per heavy atom. The number of aromatic nitrogens is 2. The fourth-order valence-corrected chi connectivity index (χ4v) is 4.14. The van der Waals surface area contributed by atoms with Crippen molar-refractivity contribution in [2.45, 2.75) is 13.0 Å². The lowest BCUT2D eigenvalue weighted by Gasteiger charge is -2.27. The highest BCUT2D eigenvalue weighted by Crippen LogP contribution is 2.25. The van der Waals surface area contributed by atoms with E-state index in [1.54, 1.807) is 31.2 Å². The quantitative estimate of drug-likeness (QED) is 0.338. The van der Waals surface area contributed by atoms with Gasteiger partial charge in [0.25, 0.3) is 5.56 Å². The van der Waals surface area contributed by atoms with Crippen LogP contribution in [0.1, 0.15) is 18.8 Å². The van der Waals surface area contributed by atoms with Crippen molar-refractivity contribution in [3.05, 3.63) is 113 Å². The minimum atomic E-state index is -0.888. The number of urea groups is 1. The van der Waals surface area contributed by atoms with Crippen LogP contribution in [-0.4, -0.2) is 27.5 Å². The maximum Gasteiger partial charge on any atom is 0.322 e. The number of carbonyl (C=O) groups is 1. The predicted octanol–water partition coefficient (Wildman–Crippen LogP) is 6.04. The first-order valence-corrected chi connectivity index (χ1v) is 11.3. The van der Waals surface area contributed by atoms with Gasteiger partial charge < -0.3 is 10.2 Å². The Labute approximate surface area is 205 Å². The fraction of sp³-hybridized carbons (Fsp3) is 0.107. The molecule has 5 rings (SSSR count). The number of nitrogens with zero attached hydrogens (tertiary/aromatic N) is 3. The first-order chi connectivity index (χ1) is 17.3. The van der Waals surface area contributed by atoms with Crippen molar-refractivity contribution in [2.24, 2.45) is 0 Å². The second kappa shape index (κ2) is 9.22. The van der Waals surface area contributed by atoms with E-state index in [-0.39, 0.29) is 11.2 Å². The smallest absolute Gasteiger partial charge is 0.318 e. The molecule has 180 valence electrons. The van der Waals surface area contributed by atoms with Crippen LogP contribution in [-0.2, 0) is 0 Å². The van der Waals surface area contributed by atoms with Crippen LogP contribution >= 0.6 is 0 Å². The second-order valence-corrected chi connectivity index (χ2v) is 8.50. The molecule has 0 radical (unpaired) electrons. The molecule has 0 fully saturated rings. The molecule has 1 unspecified atom stereocenters. The highest BCUT2D eigenvalue weighted by molar-refractivity contribution is 5.89. The summed E-state index contributed by atoms with van der Waals surface area (Å²) < 4.78 is 28.9. The number of carbonyl (C=O) groups excluding carboxylic acids is 1. The Kier molecular flexibility index (Phi) is 5.93. The number of halogens is 2. The summed E-state index contributed by atoms with van der Waals surface area (Å²) in [5.74, 6) is -1.29. The fourth-order valence-electron chi connectivity index (χ4n) is 4.14. The zero-order valence-electron chi connectivity index (χ0n) is 19.6. The first kappa shape index (κ1) is 23.2. The SMILES string of the molecule is CC(c1nc2ccccc2c(=O)n1-c1ccc2ccccc2c1)N(C)C(=O)Nc1ccc(F)cc1F. The molecule has 6 nitrogen and oxygen atoms in total. The average Bonchev–Trinajstić information content (AvgIpc) is 2.89. The minimum Gasteiger partial charge on any atom is -0.318 e. The van der Waals surface area contributed by atoms with E-state index < -0.39 is 23.7 Å². The number of anilines is 1. The van der Waals surface area contributed by atoms with Gasteiger partial charge in [-0.15, -0.1) is 0 Å². The summed E-state index contributed by atoms with van der Waals surface area (Å²) in [5, 5.41) is 4.87. The number of hydrogen-bond acceptors (Lipinski definition) is 3. The Morgan fingerprint density at radius 1 is 0.944 bits per heavy atom. The monoisotopic (exact) mass is 484 g/mol. The lowest BCUT2D eigenvalue weighted by Crippen LogP contribution is -2.37. The summed E-state index contributed by atoms with van der Waals surface area (Å²) in [4.78, 5) is 32.7. The van der Waals surface area contributed by atoms with Crippen LogP contribution in [0, 0.1) is 11.6 Å². The van der Waals surface area contributed by atoms with Crippen molar-refractivity contribution >= 4 is 33.4 Å². The van der Waals surface area contributed by atoms with Crippen molar-refractivity contribution in [3.63, 3.8) is 0 Å². The molecule has 2 amide bonds. The molecular weight excluding hydrogens is 462 g/mol. The highest BCUT2D eigenvalue weighted by atomic mass is 19.1. The predicted molar refractivity (Wildman–Crippen MR) is 136 cm³/mol. The van der Waals surface area contributed by atoms with Gasteiger partial charge in [-0.1, -0.05) is 42.5 Å². The van der Waals surface area contributed by atoms with Crippen molar-refractivity contribution in [1.29, 1.82) is 0 Å². The van der Waals surface area contributed by atoms with E-state index in [0.29, 0.717) is 28.5 Å². The van der Waals surface area contributed by atoms with Gasteiger partial charge in [0.15, 0.2) is 0 Å². The van der Waals surface area contributed by atoms with Crippen molar-refractivity contribution in [2.75, 3.05) is 12.4 Å². The molecule has 0 aliphatic carbocycles. The molecule has 1 atom stereocenters. The number of rotatable bonds is 4. The zero-order chi connectivity index (χ0) is 25.4. The molecule has 1 heterocycles. The average molecular weight is 485 g/mol. The highest BCUT2D eigenvalue weighted by Gasteiger charge is 2.25. The van der Waals surface area contributed by atoms with Crippen molar-refractivity contribution < 1.29 is 13.6 Å². The number of para-hydroxylation sites is 1. The number of fused-ring (bicyclic) bond motifs is 2. The maximum atomic E-state index is 14.1. The van der Waals surface area contributed by atoms with Gasteiger partial charge in [-0.25, -0.2) is 18.6 Å². The minimum absolute atomic E-state index is 0.154. The molecule has 1 N–H and O–H groups in total. The molecule has 4 aromatic carbocycles. The van der Waals surface area contributed by atoms with Crippen LogP contribution in [0.25, 0.3) is 27.4 Å². The molecule has 0 aliphatic rings. The molecule has 0 spiro atoms. The first-order valence-electron chi connectivity index (χ1n) is 11.3. The molecule has 0 saturated heterocycles. The van der Waals surface area contributed by atoms with Crippen LogP contribution in [0.2, 0.25) is 0 Å². The number of hydrogen-bond donors (Lipinski definition) is 1. The summed E-state index contributed by atoms with van der Waals surface area (Å²) in [6.45, 7) is 1.73. The van der Waals surface area contributed by atoms with Gasteiger partial charge in [-0.2, -0.15) is 0 Å².